The zero-order chi connectivity index (χ0) is 29.2. The summed E-state index contributed by atoms with van der Waals surface area (Å²) in [4.78, 5) is 36.8. The normalized spacial score (nSPS) is 15.0. The fourth-order valence-corrected chi connectivity index (χ4v) is 6.40. The van der Waals surface area contributed by atoms with Gasteiger partial charge < -0.3 is 15.4 Å². The van der Waals surface area contributed by atoms with Crippen molar-refractivity contribution in [1.29, 1.82) is 0 Å². The van der Waals surface area contributed by atoms with Crippen LogP contribution >= 0.6 is 22.7 Å². The van der Waals surface area contributed by atoms with Gasteiger partial charge in [-0.05, 0) is 68.3 Å². The molecule has 6 aromatic rings. The van der Waals surface area contributed by atoms with E-state index in [2.05, 4.69) is 30.6 Å². The summed E-state index contributed by atoms with van der Waals surface area (Å²) in [5, 5.41) is 12.9. The number of benzene rings is 1. The largest absolute Gasteiger partial charge is 0.489 e. The molecular weight excluding hydrogens is 581 g/mol. The van der Waals surface area contributed by atoms with Gasteiger partial charge in [0.05, 0.1) is 12.2 Å². The molecule has 0 spiro atoms. The number of piperidine rings is 1. The highest BCUT2D eigenvalue weighted by Gasteiger charge is 2.18. The van der Waals surface area contributed by atoms with Crippen molar-refractivity contribution < 1.29 is 4.74 Å². The smallest absolute Gasteiger partial charge is 0.260 e. The Labute approximate surface area is 255 Å². The zero-order valence-electron chi connectivity index (χ0n) is 23.4. The van der Waals surface area contributed by atoms with Gasteiger partial charge in [0.15, 0.2) is 0 Å². The van der Waals surface area contributed by atoms with E-state index in [1.807, 2.05) is 54.1 Å². The lowest BCUT2D eigenvalue weighted by Crippen LogP contribution is -2.37. The third kappa shape index (κ3) is 5.89. The number of fused-ring (bicyclic) bond motifs is 1. The van der Waals surface area contributed by atoms with Crippen molar-refractivity contribution >= 4 is 45.3 Å². The number of ether oxygens (including phenoxy) is 1. The topological polar surface area (TPSA) is 120 Å². The minimum Gasteiger partial charge on any atom is -0.489 e. The minimum absolute atomic E-state index is 0.169. The zero-order valence-corrected chi connectivity index (χ0v) is 25.0. The first-order valence-electron chi connectivity index (χ1n) is 14.0. The first kappa shape index (κ1) is 27.3. The molecule has 1 aliphatic rings. The second kappa shape index (κ2) is 12.0. The molecule has 1 aliphatic heterocycles. The number of anilines is 2. The Kier molecular flexibility index (Phi) is 7.62. The summed E-state index contributed by atoms with van der Waals surface area (Å²) in [7, 11) is 0. The molecule has 12 heteroatoms. The molecule has 1 saturated heterocycles. The molecule has 43 heavy (non-hydrogen) atoms. The predicted octanol–water partition coefficient (Wildman–Crippen LogP) is 5.66. The third-order valence-electron chi connectivity index (χ3n) is 7.32. The fourth-order valence-electron chi connectivity index (χ4n) is 5.19. The van der Waals surface area contributed by atoms with Gasteiger partial charge in [-0.25, -0.2) is 15.0 Å². The monoisotopic (exact) mass is 608 g/mol. The molecule has 1 fully saturated rings. The van der Waals surface area contributed by atoms with Crippen LogP contribution in [0.15, 0.2) is 76.7 Å². The van der Waals surface area contributed by atoms with Gasteiger partial charge in [-0.15, -0.1) is 22.7 Å². The second-order valence-corrected chi connectivity index (χ2v) is 12.2. The lowest BCUT2D eigenvalue weighted by Gasteiger charge is -2.24. The van der Waals surface area contributed by atoms with Crippen LogP contribution < -0.4 is 20.9 Å². The van der Waals surface area contributed by atoms with Gasteiger partial charge in [-0.1, -0.05) is 0 Å². The molecule has 0 saturated carbocycles. The van der Waals surface area contributed by atoms with Crippen LogP contribution in [0, 0.1) is 6.92 Å². The van der Waals surface area contributed by atoms with Crippen LogP contribution in [0.5, 0.6) is 5.75 Å². The van der Waals surface area contributed by atoms with E-state index in [1.165, 1.54) is 22.7 Å². The average Bonchev–Trinajstić information content (AvgIpc) is 3.76. The number of pyridine rings is 2. The summed E-state index contributed by atoms with van der Waals surface area (Å²) < 4.78 is 7.77. The Bertz CT molecular complexity index is 1920. The number of rotatable bonds is 8. The molecule has 216 valence electrons. The molecule has 0 bridgehead atoms. The van der Waals surface area contributed by atoms with E-state index >= 15 is 0 Å². The van der Waals surface area contributed by atoms with Gasteiger partial charge in [-0.3, -0.25) is 14.3 Å². The number of hydrogen-bond acceptors (Lipinski definition) is 11. The van der Waals surface area contributed by atoms with Gasteiger partial charge in [0, 0.05) is 64.3 Å². The maximum Gasteiger partial charge on any atom is 0.260 e. The van der Waals surface area contributed by atoms with Crippen LogP contribution in [-0.4, -0.2) is 48.7 Å². The summed E-state index contributed by atoms with van der Waals surface area (Å²) in [6, 6.07) is 11.6. The first-order valence-corrected chi connectivity index (χ1v) is 15.8. The SMILES string of the molecule is Cc1cc(-c2nccs2)ncc1-c1cc2cnc(Nc3ccc(OC4CCCNC4)cc3)nc2n(Cc2nccs2)c1=O. The summed E-state index contributed by atoms with van der Waals surface area (Å²) in [5.74, 6) is 1.22. The molecule has 2 N–H and O–H groups in total. The van der Waals surface area contributed by atoms with Crippen LogP contribution in [0.1, 0.15) is 23.4 Å². The Morgan fingerprint density at radius 2 is 1.88 bits per heavy atom. The average molecular weight is 609 g/mol. The van der Waals surface area contributed by atoms with E-state index in [0.29, 0.717) is 23.7 Å². The summed E-state index contributed by atoms with van der Waals surface area (Å²) >= 11 is 3.03. The van der Waals surface area contributed by atoms with Crippen LogP contribution in [0.2, 0.25) is 0 Å². The molecule has 0 radical (unpaired) electrons. The van der Waals surface area contributed by atoms with Gasteiger partial charge >= 0.3 is 0 Å². The van der Waals surface area contributed by atoms with E-state index in [0.717, 1.165) is 69.6 Å². The molecule has 1 atom stereocenters. The van der Waals surface area contributed by atoms with Crippen molar-refractivity contribution in [2.24, 2.45) is 0 Å². The lowest BCUT2D eigenvalue weighted by atomic mass is 10.0. The highest BCUT2D eigenvalue weighted by atomic mass is 32.1. The number of nitrogens with one attached hydrogen (secondary N) is 2. The lowest BCUT2D eigenvalue weighted by molar-refractivity contribution is 0.167. The fraction of sp³-hybridized carbons (Fsp3) is 0.226. The Balaban J connectivity index is 1.22. The number of thiazole rings is 2. The maximum absolute atomic E-state index is 14.0. The van der Waals surface area contributed by atoms with E-state index in [4.69, 9.17) is 9.72 Å². The van der Waals surface area contributed by atoms with Crippen molar-refractivity contribution in [2.75, 3.05) is 18.4 Å². The Morgan fingerprint density at radius 3 is 2.63 bits per heavy atom. The highest BCUT2D eigenvalue weighted by Crippen LogP contribution is 2.28. The Hall–Kier alpha value is -4.52. The van der Waals surface area contributed by atoms with E-state index in [1.54, 1.807) is 29.4 Å². The van der Waals surface area contributed by atoms with Gasteiger partial charge in [0.25, 0.3) is 5.56 Å². The van der Waals surface area contributed by atoms with Gasteiger partial charge in [-0.2, -0.15) is 4.98 Å². The van der Waals surface area contributed by atoms with E-state index < -0.39 is 0 Å². The van der Waals surface area contributed by atoms with Crippen molar-refractivity contribution in [1.82, 2.24) is 34.8 Å². The standard InChI is InChI=1S/C31H28N8O2S2/c1-19-13-26(29-34-10-12-43-29)35-17-25(19)24-14-20-15-36-31(38-28(20)39(30(24)40)18-27-33-9-11-42-27)37-21-4-6-22(7-5-21)41-23-3-2-8-32-16-23/h4-7,9-15,17,23,32H,2-3,8,16,18H2,1H3,(H,36,37,38). The predicted molar refractivity (Wildman–Crippen MR) is 170 cm³/mol. The molecular formula is C31H28N8O2S2. The van der Waals surface area contributed by atoms with Gasteiger partial charge in [0.1, 0.15) is 27.5 Å². The van der Waals surface area contributed by atoms with Crippen LogP contribution in [0.25, 0.3) is 32.9 Å². The van der Waals surface area contributed by atoms with E-state index in [9.17, 15) is 4.79 Å². The molecule has 6 heterocycles. The van der Waals surface area contributed by atoms with Crippen molar-refractivity contribution in [3.63, 3.8) is 0 Å². The molecule has 1 unspecified atom stereocenters. The third-order valence-corrected chi connectivity index (χ3v) is 8.88. The molecule has 5 aromatic heterocycles. The molecule has 0 amide bonds. The minimum atomic E-state index is -0.169. The molecule has 1 aromatic carbocycles. The maximum atomic E-state index is 14.0. The van der Waals surface area contributed by atoms with Gasteiger partial charge in [0.2, 0.25) is 5.95 Å². The summed E-state index contributed by atoms with van der Waals surface area (Å²) in [6.45, 7) is 4.19. The van der Waals surface area contributed by atoms with Crippen molar-refractivity contribution in [3.05, 3.63) is 92.9 Å². The number of nitrogens with zero attached hydrogens (tertiary/aromatic N) is 6. The number of aromatic nitrogens is 6. The second-order valence-electron chi connectivity index (χ2n) is 10.3. The summed E-state index contributed by atoms with van der Waals surface area (Å²) in [5.41, 5.74) is 4.19. The molecule has 7 rings (SSSR count). The van der Waals surface area contributed by atoms with E-state index in [-0.39, 0.29) is 11.7 Å². The van der Waals surface area contributed by atoms with Crippen LogP contribution in [0.3, 0.4) is 0 Å². The molecule has 10 nitrogen and oxygen atoms in total. The number of hydrogen-bond donors (Lipinski definition) is 2. The van der Waals surface area contributed by atoms with Crippen LogP contribution in [0.4, 0.5) is 11.6 Å². The van der Waals surface area contributed by atoms with Crippen LogP contribution in [-0.2, 0) is 6.54 Å². The first-order chi connectivity index (χ1) is 21.1. The summed E-state index contributed by atoms with van der Waals surface area (Å²) in [6.07, 6.45) is 9.34. The number of aryl methyl sites for hydroxylation is 1. The highest BCUT2D eigenvalue weighted by molar-refractivity contribution is 7.13. The Morgan fingerprint density at radius 1 is 1.02 bits per heavy atom. The van der Waals surface area contributed by atoms with Crippen molar-refractivity contribution in [3.8, 4) is 27.6 Å². The quantitative estimate of drug-likeness (QED) is 0.225. The van der Waals surface area contributed by atoms with Crippen molar-refractivity contribution in [2.45, 2.75) is 32.4 Å². The molecule has 0 aliphatic carbocycles.